The van der Waals surface area contributed by atoms with Crippen molar-refractivity contribution in [2.24, 2.45) is 0 Å². The number of aromatic nitrogens is 2. The zero-order valence-electron chi connectivity index (χ0n) is 9.45. The van der Waals surface area contributed by atoms with Crippen molar-refractivity contribution in [3.63, 3.8) is 0 Å². The molecule has 0 saturated carbocycles. The average Bonchev–Trinajstić information content (AvgIpc) is 2.14. The van der Waals surface area contributed by atoms with Crippen LogP contribution in [0.3, 0.4) is 0 Å². The lowest BCUT2D eigenvalue weighted by molar-refractivity contribution is -0.125. The predicted molar refractivity (Wildman–Crippen MR) is 61.4 cm³/mol. The molecule has 0 bridgehead atoms. The van der Waals surface area contributed by atoms with E-state index in [4.69, 9.17) is 16.3 Å². The zero-order valence-corrected chi connectivity index (χ0v) is 10.2. The normalized spacial score (nSPS) is 11.2. The first-order valence-corrected chi connectivity index (χ1v) is 5.16. The van der Waals surface area contributed by atoms with E-state index in [1.165, 1.54) is 12.4 Å². The van der Waals surface area contributed by atoms with Gasteiger partial charge >= 0.3 is 0 Å². The third kappa shape index (κ3) is 5.04. The summed E-state index contributed by atoms with van der Waals surface area (Å²) >= 11 is 5.62. The Morgan fingerprint density at radius 1 is 1.50 bits per heavy atom. The Bertz CT molecular complexity index is 377. The van der Waals surface area contributed by atoms with Gasteiger partial charge in [-0.25, -0.2) is 4.98 Å². The smallest absolute Gasteiger partial charge is 0.251 e. The van der Waals surface area contributed by atoms with Crippen LogP contribution in [0.5, 0.6) is 0 Å². The molecule has 0 fully saturated rings. The molecule has 5 nitrogen and oxygen atoms in total. The fraction of sp³-hybridized carbons (Fsp3) is 0.500. The minimum Gasteiger partial charge on any atom is -0.366 e. The Kier molecular flexibility index (Phi) is 4.20. The molecule has 1 aromatic heterocycles. The lowest BCUT2D eigenvalue weighted by atomic mass is 10.2. The van der Waals surface area contributed by atoms with Crippen LogP contribution in [0, 0.1) is 0 Å². The van der Waals surface area contributed by atoms with Crippen molar-refractivity contribution in [3.8, 4) is 0 Å². The molecule has 1 rings (SSSR count). The molecule has 0 aliphatic heterocycles. The second-order valence-electron chi connectivity index (χ2n) is 4.18. The number of ether oxygens (including phenoxy) is 1. The summed E-state index contributed by atoms with van der Waals surface area (Å²) in [6.45, 7) is 5.59. The molecule has 1 heterocycles. The third-order valence-electron chi connectivity index (χ3n) is 1.51. The molecule has 0 radical (unpaired) electrons. The summed E-state index contributed by atoms with van der Waals surface area (Å²) in [4.78, 5) is 19.1. The van der Waals surface area contributed by atoms with E-state index in [0.717, 1.165) is 0 Å². The first-order valence-electron chi connectivity index (χ1n) is 4.78. The third-order valence-corrected chi connectivity index (χ3v) is 1.69. The first-order chi connectivity index (χ1) is 7.37. The molecule has 0 unspecified atom stereocenters. The number of nitrogens with zero attached hydrogens (tertiary/aromatic N) is 2. The van der Waals surface area contributed by atoms with Crippen LogP contribution >= 0.6 is 11.6 Å². The van der Waals surface area contributed by atoms with Crippen LogP contribution in [0.1, 0.15) is 20.8 Å². The number of carbonyl (C=O) groups is 1. The summed E-state index contributed by atoms with van der Waals surface area (Å²) in [6.07, 6.45) is 2.81. The lowest BCUT2D eigenvalue weighted by Crippen LogP contribution is -2.27. The minimum atomic E-state index is -0.350. The van der Waals surface area contributed by atoms with Gasteiger partial charge in [0.25, 0.3) is 5.91 Å². The second kappa shape index (κ2) is 5.23. The van der Waals surface area contributed by atoms with Gasteiger partial charge in [0, 0.05) is 0 Å². The largest absolute Gasteiger partial charge is 0.366 e. The molecule has 16 heavy (non-hydrogen) atoms. The molecule has 6 heteroatoms. The molecule has 0 aliphatic rings. The number of hydrogen-bond donors (Lipinski definition) is 1. The molecule has 88 valence electrons. The highest BCUT2D eigenvalue weighted by molar-refractivity contribution is 6.29. The van der Waals surface area contributed by atoms with Crippen molar-refractivity contribution in [1.82, 2.24) is 9.97 Å². The van der Waals surface area contributed by atoms with Crippen LogP contribution in [0.25, 0.3) is 0 Å². The monoisotopic (exact) mass is 243 g/mol. The number of anilines is 1. The van der Waals surface area contributed by atoms with E-state index in [1.54, 1.807) is 0 Å². The van der Waals surface area contributed by atoms with Crippen LogP contribution in [-0.2, 0) is 9.53 Å². The molecule has 1 N–H and O–H groups in total. The Morgan fingerprint density at radius 2 is 2.19 bits per heavy atom. The molecule has 1 aromatic rings. The fourth-order valence-corrected chi connectivity index (χ4v) is 1.01. The first kappa shape index (κ1) is 12.9. The van der Waals surface area contributed by atoms with E-state index < -0.39 is 0 Å². The quantitative estimate of drug-likeness (QED) is 0.881. The Morgan fingerprint density at radius 3 is 2.75 bits per heavy atom. The van der Waals surface area contributed by atoms with Gasteiger partial charge in [0.05, 0.1) is 18.0 Å². The van der Waals surface area contributed by atoms with Crippen molar-refractivity contribution in [1.29, 1.82) is 0 Å². The Labute approximate surface area is 99.2 Å². The molecule has 0 atom stereocenters. The van der Waals surface area contributed by atoms with Gasteiger partial charge < -0.3 is 10.1 Å². The van der Waals surface area contributed by atoms with Gasteiger partial charge in [-0.05, 0) is 20.8 Å². The summed E-state index contributed by atoms with van der Waals surface area (Å²) in [7, 11) is 0. The highest BCUT2D eigenvalue weighted by atomic mass is 35.5. The van der Waals surface area contributed by atoms with Gasteiger partial charge in [-0.1, -0.05) is 11.6 Å². The van der Waals surface area contributed by atoms with Gasteiger partial charge in [0.2, 0.25) is 0 Å². The van der Waals surface area contributed by atoms with Crippen LogP contribution < -0.4 is 5.32 Å². The maximum absolute atomic E-state index is 11.4. The van der Waals surface area contributed by atoms with Crippen LogP contribution in [0.15, 0.2) is 12.4 Å². The minimum absolute atomic E-state index is 0.0301. The summed E-state index contributed by atoms with van der Waals surface area (Å²) < 4.78 is 5.30. The van der Waals surface area contributed by atoms with Gasteiger partial charge in [0.1, 0.15) is 11.8 Å². The zero-order chi connectivity index (χ0) is 12.2. The Hall–Kier alpha value is -1.20. The summed E-state index contributed by atoms with van der Waals surface area (Å²) in [6, 6.07) is 0. The van der Waals surface area contributed by atoms with Crippen molar-refractivity contribution in [3.05, 3.63) is 17.5 Å². The van der Waals surface area contributed by atoms with E-state index in [9.17, 15) is 4.79 Å². The Balaban J connectivity index is 2.46. The van der Waals surface area contributed by atoms with Gasteiger partial charge in [-0.3, -0.25) is 9.78 Å². The van der Waals surface area contributed by atoms with Gasteiger partial charge in [-0.15, -0.1) is 0 Å². The van der Waals surface area contributed by atoms with Crippen LogP contribution in [-0.4, -0.2) is 28.1 Å². The predicted octanol–water partition coefficient (Wildman–Crippen LogP) is 1.88. The summed E-state index contributed by atoms with van der Waals surface area (Å²) in [5.41, 5.74) is -0.350. The number of hydrogen-bond acceptors (Lipinski definition) is 4. The molecular formula is C10H14ClN3O2. The van der Waals surface area contributed by atoms with Gasteiger partial charge in [0.15, 0.2) is 5.82 Å². The van der Waals surface area contributed by atoms with E-state index in [2.05, 4.69) is 15.3 Å². The molecule has 0 saturated heterocycles. The number of carbonyl (C=O) groups excluding carboxylic acids is 1. The summed E-state index contributed by atoms with van der Waals surface area (Å²) in [5.74, 6) is 0.0292. The highest BCUT2D eigenvalue weighted by Gasteiger charge is 2.13. The van der Waals surface area contributed by atoms with Crippen molar-refractivity contribution < 1.29 is 9.53 Å². The standard InChI is InChI=1S/C10H14ClN3O2/c1-10(2,3)16-6-9(15)14-8-5-12-4-7(11)13-8/h4-5H,6H2,1-3H3,(H,13,14,15). The average molecular weight is 244 g/mol. The van der Waals surface area contributed by atoms with Gasteiger partial charge in [-0.2, -0.15) is 0 Å². The van der Waals surface area contributed by atoms with Crippen molar-refractivity contribution in [2.75, 3.05) is 11.9 Å². The number of halogens is 1. The van der Waals surface area contributed by atoms with E-state index >= 15 is 0 Å². The van der Waals surface area contributed by atoms with E-state index in [1.807, 2.05) is 20.8 Å². The second-order valence-corrected chi connectivity index (χ2v) is 4.56. The topological polar surface area (TPSA) is 64.1 Å². The maximum Gasteiger partial charge on any atom is 0.251 e. The van der Waals surface area contributed by atoms with Crippen LogP contribution in [0.2, 0.25) is 5.15 Å². The number of rotatable bonds is 3. The molecule has 0 spiro atoms. The molecule has 0 aromatic carbocycles. The van der Waals surface area contributed by atoms with Crippen molar-refractivity contribution in [2.45, 2.75) is 26.4 Å². The number of amides is 1. The van der Waals surface area contributed by atoms with Crippen LogP contribution in [0.4, 0.5) is 5.82 Å². The maximum atomic E-state index is 11.4. The van der Waals surface area contributed by atoms with E-state index in [-0.39, 0.29) is 23.3 Å². The number of nitrogens with one attached hydrogen (secondary N) is 1. The molecule has 1 amide bonds. The van der Waals surface area contributed by atoms with Crippen molar-refractivity contribution >= 4 is 23.3 Å². The molecule has 0 aliphatic carbocycles. The SMILES string of the molecule is CC(C)(C)OCC(=O)Nc1cncc(Cl)n1. The lowest BCUT2D eigenvalue weighted by Gasteiger charge is -2.18. The summed E-state index contributed by atoms with van der Waals surface area (Å²) in [5, 5.41) is 2.76. The highest BCUT2D eigenvalue weighted by Crippen LogP contribution is 2.08. The fourth-order valence-electron chi connectivity index (χ4n) is 0.863. The van der Waals surface area contributed by atoms with E-state index in [0.29, 0.717) is 5.82 Å². The molecular weight excluding hydrogens is 230 g/mol.